The molecule has 21 heavy (non-hydrogen) atoms. The molecule has 0 aromatic heterocycles. The van der Waals surface area contributed by atoms with Crippen molar-refractivity contribution < 1.29 is 43.6 Å². The van der Waals surface area contributed by atoms with Crippen LogP contribution in [0.25, 0.3) is 0 Å². The van der Waals surface area contributed by atoms with Gasteiger partial charge in [0, 0.05) is 0 Å². The minimum Gasteiger partial charge on any atom is -1.00 e. The average molecular weight is 331 g/mol. The van der Waals surface area contributed by atoms with Crippen LogP contribution < -0.4 is 35.3 Å². The average Bonchev–Trinajstić information content (AvgIpc) is 2.43. The molecule has 1 unspecified atom stereocenters. The van der Waals surface area contributed by atoms with Crippen molar-refractivity contribution in [2.75, 3.05) is 6.61 Å². The molecule has 0 radical (unpaired) electrons. The van der Waals surface area contributed by atoms with Gasteiger partial charge < -0.3 is 7.16 Å². The van der Waals surface area contributed by atoms with Crippen LogP contribution in [0.3, 0.4) is 0 Å². The molecule has 0 saturated heterocycles. The summed E-state index contributed by atoms with van der Waals surface area (Å²) in [4.78, 5) is 0. The minimum absolute atomic E-state index is 0. The van der Waals surface area contributed by atoms with Gasteiger partial charge in [0.05, 0.1) is 6.61 Å². The van der Waals surface area contributed by atoms with Crippen molar-refractivity contribution in [3.63, 3.8) is 0 Å². The molecule has 0 saturated carbocycles. The third-order valence-corrected chi connectivity index (χ3v) is 4.89. The van der Waals surface area contributed by atoms with Gasteiger partial charge in [-0.05, 0) is 12.8 Å². The number of rotatable bonds is 14. The fourth-order valence-corrected chi connectivity index (χ4v) is 3.12. The SMILES string of the molecule is CCCCCCCCCCCC(N)S(=O)(=O)OCCC.[H-].[Na+]. The van der Waals surface area contributed by atoms with Gasteiger partial charge in [-0.25, -0.2) is 0 Å². The van der Waals surface area contributed by atoms with E-state index < -0.39 is 15.5 Å². The summed E-state index contributed by atoms with van der Waals surface area (Å²) in [5.41, 5.74) is 5.68. The van der Waals surface area contributed by atoms with Crippen LogP contribution in [0, 0.1) is 0 Å². The van der Waals surface area contributed by atoms with E-state index in [1.807, 2.05) is 6.92 Å². The molecular weight excluding hydrogens is 297 g/mol. The molecule has 0 amide bonds. The monoisotopic (exact) mass is 331 g/mol. The molecule has 0 heterocycles. The molecule has 0 aliphatic heterocycles. The second kappa shape index (κ2) is 15.8. The summed E-state index contributed by atoms with van der Waals surface area (Å²) in [7, 11) is -3.55. The normalized spacial score (nSPS) is 12.9. The standard InChI is InChI=1S/C15H33NO3S.Na.H/c1-3-5-6-7-8-9-10-11-12-13-15(16)20(17,18)19-14-4-2;;/h15H,3-14,16H2,1-2H3;;/q;+1;-1. The van der Waals surface area contributed by atoms with Crippen molar-refractivity contribution in [3.8, 4) is 0 Å². The van der Waals surface area contributed by atoms with Crippen LogP contribution in [0.1, 0.15) is 85.9 Å². The van der Waals surface area contributed by atoms with E-state index in [1.165, 1.54) is 44.9 Å². The zero-order valence-corrected chi connectivity index (χ0v) is 17.1. The molecule has 4 nitrogen and oxygen atoms in total. The maximum atomic E-state index is 11.6. The molecule has 1 atom stereocenters. The van der Waals surface area contributed by atoms with Crippen molar-refractivity contribution in [1.29, 1.82) is 0 Å². The van der Waals surface area contributed by atoms with Crippen molar-refractivity contribution in [3.05, 3.63) is 0 Å². The number of unbranched alkanes of at least 4 members (excludes halogenated alkanes) is 8. The fourth-order valence-electron chi connectivity index (χ4n) is 2.09. The number of nitrogens with two attached hydrogens (primary N) is 1. The summed E-state index contributed by atoms with van der Waals surface area (Å²) < 4.78 is 28.0. The maximum absolute atomic E-state index is 11.6. The Balaban J connectivity index is -0.00000180. The number of hydrogen-bond donors (Lipinski definition) is 1. The topological polar surface area (TPSA) is 69.4 Å². The predicted molar refractivity (Wildman–Crippen MR) is 86.1 cm³/mol. The molecule has 2 N–H and O–H groups in total. The van der Waals surface area contributed by atoms with E-state index in [0.29, 0.717) is 12.8 Å². The van der Waals surface area contributed by atoms with Gasteiger partial charge in [-0.15, -0.1) is 0 Å². The molecular formula is C15H34NNaO3S. The second-order valence-corrected chi connectivity index (χ2v) is 7.30. The Morgan fingerprint density at radius 1 is 0.905 bits per heavy atom. The first-order valence-electron chi connectivity index (χ1n) is 8.18. The molecule has 0 aromatic rings. The molecule has 0 rings (SSSR count). The van der Waals surface area contributed by atoms with E-state index in [2.05, 4.69) is 6.92 Å². The zero-order valence-electron chi connectivity index (χ0n) is 15.3. The van der Waals surface area contributed by atoms with Crippen molar-refractivity contribution in [1.82, 2.24) is 0 Å². The number of hydrogen-bond acceptors (Lipinski definition) is 4. The molecule has 0 bridgehead atoms. The first kappa shape index (κ1) is 24.1. The molecule has 0 spiro atoms. The molecule has 6 heteroatoms. The van der Waals surface area contributed by atoms with Crippen molar-refractivity contribution in [2.24, 2.45) is 5.73 Å². The molecule has 0 fully saturated rings. The molecule has 0 aromatic carbocycles. The zero-order chi connectivity index (χ0) is 15.3. The fraction of sp³-hybridized carbons (Fsp3) is 1.00. The van der Waals surface area contributed by atoms with Crippen LogP contribution in [0.15, 0.2) is 0 Å². The Morgan fingerprint density at radius 2 is 1.38 bits per heavy atom. The quantitative estimate of drug-likeness (QED) is 0.294. The summed E-state index contributed by atoms with van der Waals surface area (Å²) in [5.74, 6) is 0. The molecule has 0 aliphatic rings. The first-order chi connectivity index (χ1) is 9.54. The van der Waals surface area contributed by atoms with E-state index in [4.69, 9.17) is 9.92 Å². The van der Waals surface area contributed by atoms with Crippen LogP contribution in [-0.2, 0) is 14.3 Å². The van der Waals surface area contributed by atoms with Crippen LogP contribution in [0.2, 0.25) is 0 Å². The van der Waals surface area contributed by atoms with E-state index in [0.717, 1.165) is 12.8 Å². The molecule has 0 aliphatic carbocycles. The Morgan fingerprint density at radius 3 is 1.86 bits per heavy atom. The van der Waals surface area contributed by atoms with Gasteiger partial charge in [0.15, 0.2) is 0 Å². The predicted octanol–water partition coefficient (Wildman–Crippen LogP) is 1.07. The van der Waals surface area contributed by atoms with Gasteiger partial charge >= 0.3 is 29.6 Å². The van der Waals surface area contributed by atoms with Gasteiger partial charge in [0.25, 0.3) is 10.1 Å². The maximum Gasteiger partial charge on any atom is 1.00 e. The van der Waals surface area contributed by atoms with E-state index in [1.54, 1.807) is 0 Å². The Kier molecular flexibility index (Phi) is 18.1. The second-order valence-electron chi connectivity index (χ2n) is 5.47. The Labute approximate surface area is 155 Å². The van der Waals surface area contributed by atoms with Crippen LogP contribution in [0.4, 0.5) is 0 Å². The van der Waals surface area contributed by atoms with E-state index in [9.17, 15) is 8.42 Å². The Hall–Kier alpha value is 0.870. The third-order valence-electron chi connectivity index (χ3n) is 3.41. The van der Waals surface area contributed by atoms with Crippen molar-refractivity contribution >= 4 is 10.1 Å². The summed E-state index contributed by atoms with van der Waals surface area (Å²) >= 11 is 0. The van der Waals surface area contributed by atoms with Crippen LogP contribution in [-0.4, -0.2) is 20.4 Å². The largest absolute Gasteiger partial charge is 1.00 e. The third kappa shape index (κ3) is 14.2. The summed E-state index contributed by atoms with van der Waals surface area (Å²) in [5, 5.41) is -0.862. The van der Waals surface area contributed by atoms with Gasteiger partial charge in [0.2, 0.25) is 0 Å². The smallest absolute Gasteiger partial charge is 1.00 e. The van der Waals surface area contributed by atoms with E-state index >= 15 is 0 Å². The minimum atomic E-state index is -3.55. The Bertz CT molecular complexity index is 316. The van der Waals surface area contributed by atoms with Gasteiger partial charge in [-0.1, -0.05) is 71.6 Å². The van der Waals surface area contributed by atoms with E-state index in [-0.39, 0.29) is 37.6 Å². The summed E-state index contributed by atoms with van der Waals surface area (Å²) in [6.45, 7) is 4.33. The summed E-state index contributed by atoms with van der Waals surface area (Å²) in [6, 6.07) is 0. The van der Waals surface area contributed by atoms with Gasteiger partial charge in [-0.2, -0.15) is 8.42 Å². The van der Waals surface area contributed by atoms with Crippen LogP contribution in [0.5, 0.6) is 0 Å². The van der Waals surface area contributed by atoms with Gasteiger partial charge in [-0.3, -0.25) is 4.18 Å². The first-order valence-corrected chi connectivity index (χ1v) is 9.65. The summed E-state index contributed by atoms with van der Waals surface area (Å²) in [6.07, 6.45) is 12.1. The van der Waals surface area contributed by atoms with Crippen LogP contribution >= 0.6 is 0 Å². The van der Waals surface area contributed by atoms with Crippen molar-refractivity contribution in [2.45, 2.75) is 89.9 Å². The molecule has 124 valence electrons. The van der Waals surface area contributed by atoms with Gasteiger partial charge in [0.1, 0.15) is 5.37 Å².